The van der Waals surface area contributed by atoms with E-state index in [0.717, 1.165) is 0 Å². The Bertz CT molecular complexity index is 316. The summed E-state index contributed by atoms with van der Waals surface area (Å²) in [7, 11) is 0. The van der Waals surface area contributed by atoms with Crippen LogP contribution in [0, 0.1) is 0 Å². The predicted octanol–water partition coefficient (Wildman–Crippen LogP) is 3.03. The lowest BCUT2D eigenvalue weighted by Crippen LogP contribution is -2.31. The first-order valence-corrected chi connectivity index (χ1v) is 4.46. The fourth-order valence-corrected chi connectivity index (χ4v) is 1.44. The molecule has 1 aromatic carbocycles. The molecule has 1 rings (SSSR count). The molecule has 6 heteroatoms. The van der Waals surface area contributed by atoms with Crippen molar-refractivity contribution in [2.75, 3.05) is 0 Å². The normalized spacial score (nSPS) is 14.1. The van der Waals surface area contributed by atoms with E-state index in [0.29, 0.717) is 4.47 Å². The van der Waals surface area contributed by atoms with Gasteiger partial charge in [0.1, 0.15) is 0 Å². The summed E-state index contributed by atoms with van der Waals surface area (Å²) < 4.78 is 37.4. The zero-order valence-corrected chi connectivity index (χ0v) is 8.43. The Morgan fingerprint density at radius 3 is 2.43 bits per heavy atom. The molecule has 2 nitrogen and oxygen atoms in total. The van der Waals surface area contributed by atoms with E-state index < -0.39 is 12.2 Å². The van der Waals surface area contributed by atoms with E-state index in [-0.39, 0.29) is 5.56 Å². The molecule has 0 fully saturated rings. The van der Waals surface area contributed by atoms with Crippen molar-refractivity contribution in [1.29, 1.82) is 0 Å². The Labute approximate surface area is 86.8 Å². The lowest BCUT2D eigenvalue weighted by atomic mass is 10.1. The third-order valence-corrected chi connectivity index (χ3v) is 2.13. The fourth-order valence-electron chi connectivity index (χ4n) is 1.02. The minimum atomic E-state index is -4.52. The minimum absolute atomic E-state index is 0.0469. The number of rotatable bonds is 2. The second kappa shape index (κ2) is 4.29. The van der Waals surface area contributed by atoms with Crippen LogP contribution in [0.1, 0.15) is 11.6 Å². The Morgan fingerprint density at radius 1 is 1.36 bits per heavy atom. The summed E-state index contributed by atoms with van der Waals surface area (Å²) in [5, 5.41) is 8.42. The van der Waals surface area contributed by atoms with Gasteiger partial charge in [-0.25, -0.2) is 0 Å². The fraction of sp³-hybridized carbons (Fsp3) is 0.250. The molecule has 0 saturated carbocycles. The summed E-state index contributed by atoms with van der Waals surface area (Å²) in [5.74, 6) is 0. The lowest BCUT2D eigenvalue weighted by molar-refractivity contribution is -0.178. The monoisotopic (exact) mass is 269 g/mol. The van der Waals surface area contributed by atoms with Gasteiger partial charge in [-0.2, -0.15) is 18.7 Å². The highest BCUT2D eigenvalue weighted by Gasteiger charge is 2.40. The second-order valence-corrected chi connectivity index (χ2v) is 3.57. The average molecular weight is 270 g/mol. The van der Waals surface area contributed by atoms with E-state index in [4.69, 9.17) is 5.21 Å². The van der Waals surface area contributed by atoms with Crippen LogP contribution in [0.3, 0.4) is 0 Å². The van der Waals surface area contributed by atoms with Gasteiger partial charge >= 0.3 is 6.18 Å². The first kappa shape index (κ1) is 11.5. The quantitative estimate of drug-likeness (QED) is 0.809. The molecule has 2 N–H and O–H groups in total. The highest BCUT2D eigenvalue weighted by Crippen LogP contribution is 2.32. The highest BCUT2D eigenvalue weighted by atomic mass is 79.9. The second-order valence-electron chi connectivity index (χ2n) is 2.66. The summed E-state index contributed by atoms with van der Waals surface area (Å²) in [5.41, 5.74) is 1.19. The van der Waals surface area contributed by atoms with Gasteiger partial charge in [-0.1, -0.05) is 28.1 Å². The Kier molecular flexibility index (Phi) is 3.52. The van der Waals surface area contributed by atoms with E-state index in [2.05, 4.69) is 15.9 Å². The molecule has 78 valence electrons. The van der Waals surface area contributed by atoms with Crippen LogP contribution in [-0.4, -0.2) is 11.4 Å². The van der Waals surface area contributed by atoms with Crippen LogP contribution < -0.4 is 5.48 Å². The first-order chi connectivity index (χ1) is 6.45. The van der Waals surface area contributed by atoms with E-state index in [9.17, 15) is 13.2 Å². The number of hydrogen-bond acceptors (Lipinski definition) is 2. The van der Waals surface area contributed by atoms with E-state index in [1.807, 2.05) is 0 Å². The molecular formula is C8H7BrF3NO. The molecule has 0 aliphatic carbocycles. The highest BCUT2D eigenvalue weighted by molar-refractivity contribution is 9.10. The lowest BCUT2D eigenvalue weighted by Gasteiger charge is -2.18. The zero-order valence-electron chi connectivity index (χ0n) is 6.85. The molecule has 0 unspecified atom stereocenters. The molecular weight excluding hydrogens is 263 g/mol. The summed E-state index contributed by atoms with van der Waals surface area (Å²) in [6, 6.07) is 3.59. The van der Waals surface area contributed by atoms with Crippen LogP contribution in [-0.2, 0) is 0 Å². The van der Waals surface area contributed by atoms with E-state index in [1.54, 1.807) is 6.07 Å². The van der Waals surface area contributed by atoms with E-state index >= 15 is 0 Å². The average Bonchev–Trinajstić information content (AvgIpc) is 2.02. The smallest absolute Gasteiger partial charge is 0.316 e. The number of benzene rings is 1. The third-order valence-electron chi connectivity index (χ3n) is 1.64. The third kappa shape index (κ3) is 2.70. The van der Waals surface area contributed by atoms with Crippen molar-refractivity contribution in [1.82, 2.24) is 5.48 Å². The van der Waals surface area contributed by atoms with Crippen molar-refractivity contribution in [3.63, 3.8) is 0 Å². The topological polar surface area (TPSA) is 32.3 Å². The van der Waals surface area contributed by atoms with Gasteiger partial charge < -0.3 is 5.21 Å². The standard InChI is InChI=1S/C8H7BrF3NO/c9-6-3-1-2-5(4-6)7(13-14)8(10,11)12/h1-4,7,13-14H/t7-/m1/s1. The van der Waals surface area contributed by atoms with Crippen LogP contribution in [0.4, 0.5) is 13.2 Å². The molecule has 0 aliphatic heterocycles. The molecule has 0 radical (unpaired) electrons. The molecule has 0 saturated heterocycles. The van der Waals surface area contributed by atoms with E-state index in [1.165, 1.54) is 23.7 Å². The van der Waals surface area contributed by atoms with Crippen molar-refractivity contribution >= 4 is 15.9 Å². The maximum atomic E-state index is 12.3. The maximum absolute atomic E-state index is 12.3. The summed E-state index contributed by atoms with van der Waals surface area (Å²) >= 11 is 3.05. The van der Waals surface area contributed by atoms with Gasteiger partial charge in [0.15, 0.2) is 6.04 Å². The summed E-state index contributed by atoms with van der Waals surface area (Å²) in [6.45, 7) is 0. The molecule has 0 aliphatic rings. The largest absolute Gasteiger partial charge is 0.410 e. The van der Waals surface area contributed by atoms with Crippen molar-refractivity contribution in [3.8, 4) is 0 Å². The molecule has 0 bridgehead atoms. The van der Waals surface area contributed by atoms with Crippen molar-refractivity contribution < 1.29 is 18.4 Å². The van der Waals surface area contributed by atoms with Crippen LogP contribution in [0.15, 0.2) is 28.7 Å². The van der Waals surface area contributed by atoms with Gasteiger partial charge in [-0.3, -0.25) is 0 Å². The summed E-state index contributed by atoms with van der Waals surface area (Å²) in [4.78, 5) is 0. The molecule has 14 heavy (non-hydrogen) atoms. The number of alkyl halides is 3. The van der Waals surface area contributed by atoms with Gasteiger partial charge in [-0.15, -0.1) is 0 Å². The number of halogens is 4. The van der Waals surface area contributed by atoms with Crippen molar-refractivity contribution in [3.05, 3.63) is 34.3 Å². The Balaban J connectivity index is 3.01. The Morgan fingerprint density at radius 2 is 2.00 bits per heavy atom. The molecule has 0 heterocycles. The van der Waals surface area contributed by atoms with Gasteiger partial charge in [0.2, 0.25) is 0 Å². The first-order valence-electron chi connectivity index (χ1n) is 3.67. The predicted molar refractivity (Wildman–Crippen MR) is 47.9 cm³/mol. The van der Waals surface area contributed by atoms with Gasteiger partial charge in [-0.05, 0) is 17.7 Å². The van der Waals surface area contributed by atoms with Crippen LogP contribution in [0.25, 0.3) is 0 Å². The maximum Gasteiger partial charge on any atom is 0.410 e. The Hall–Kier alpha value is -0.590. The molecule has 1 aromatic rings. The molecule has 0 spiro atoms. The van der Waals surface area contributed by atoms with Crippen LogP contribution in [0.2, 0.25) is 0 Å². The molecule has 0 aromatic heterocycles. The van der Waals surface area contributed by atoms with Crippen molar-refractivity contribution in [2.45, 2.75) is 12.2 Å². The SMILES string of the molecule is ON[C@H](c1cccc(Br)c1)C(F)(F)F. The number of hydroxylamine groups is 1. The van der Waals surface area contributed by atoms with Gasteiger partial charge in [0.25, 0.3) is 0 Å². The number of nitrogens with one attached hydrogen (secondary N) is 1. The van der Waals surface area contributed by atoms with Crippen molar-refractivity contribution in [2.24, 2.45) is 0 Å². The van der Waals surface area contributed by atoms with Crippen LogP contribution in [0.5, 0.6) is 0 Å². The molecule has 0 amide bonds. The molecule has 1 atom stereocenters. The zero-order chi connectivity index (χ0) is 10.8. The van der Waals surface area contributed by atoms with Gasteiger partial charge in [0, 0.05) is 4.47 Å². The minimum Gasteiger partial charge on any atom is -0.316 e. The van der Waals surface area contributed by atoms with Gasteiger partial charge in [0.05, 0.1) is 0 Å². The van der Waals surface area contributed by atoms with Crippen LogP contribution >= 0.6 is 15.9 Å². The number of hydrogen-bond donors (Lipinski definition) is 2. The summed E-state index contributed by atoms with van der Waals surface area (Å²) in [6.07, 6.45) is -4.52.